The smallest absolute Gasteiger partial charge is 0.143 e. The minimum Gasteiger partial charge on any atom is -0.455 e. The molecule has 0 spiro atoms. The van der Waals surface area contributed by atoms with Crippen LogP contribution in [-0.4, -0.2) is 0 Å². The first-order valence-electron chi connectivity index (χ1n) is 17.6. The highest BCUT2D eigenvalue weighted by molar-refractivity contribution is 6.25. The summed E-state index contributed by atoms with van der Waals surface area (Å²) in [7, 11) is 0. The fourth-order valence-corrected chi connectivity index (χ4v) is 8.61. The molecule has 10 aromatic carbocycles. The largest absolute Gasteiger partial charge is 0.455 e. The summed E-state index contributed by atoms with van der Waals surface area (Å²) in [6.45, 7) is 0. The van der Waals surface area contributed by atoms with Crippen LogP contribution in [0.15, 0.2) is 186 Å². The molecule has 1 heterocycles. The first-order chi connectivity index (χ1) is 25.3. The third-order valence-electron chi connectivity index (χ3n) is 10.8. The Morgan fingerprint density at radius 3 is 1.59 bits per heavy atom. The summed E-state index contributed by atoms with van der Waals surface area (Å²) in [4.78, 5) is 0. The van der Waals surface area contributed by atoms with Crippen molar-refractivity contribution < 1.29 is 4.42 Å². The first kappa shape index (κ1) is 28.2. The lowest BCUT2D eigenvalue weighted by Gasteiger charge is -2.19. The minimum absolute atomic E-state index is 0.914. The zero-order valence-corrected chi connectivity index (χ0v) is 27.7. The van der Waals surface area contributed by atoms with Crippen LogP contribution in [-0.2, 0) is 0 Å². The highest BCUT2D eigenvalue weighted by Crippen LogP contribution is 2.47. The molecule has 0 aliphatic rings. The van der Waals surface area contributed by atoms with Crippen LogP contribution < -0.4 is 0 Å². The number of hydrogen-bond acceptors (Lipinski definition) is 1. The van der Waals surface area contributed by atoms with Crippen molar-refractivity contribution in [3.05, 3.63) is 182 Å². The quantitative estimate of drug-likeness (QED) is 0.138. The van der Waals surface area contributed by atoms with Crippen LogP contribution in [0.1, 0.15) is 0 Å². The van der Waals surface area contributed by atoms with E-state index in [1.807, 2.05) is 6.07 Å². The van der Waals surface area contributed by atoms with Crippen LogP contribution >= 0.6 is 0 Å². The Hall–Kier alpha value is -6.70. The van der Waals surface area contributed by atoms with Gasteiger partial charge >= 0.3 is 0 Å². The fraction of sp³-hybridized carbons (Fsp3) is 0. The molecule has 0 aliphatic heterocycles. The van der Waals surface area contributed by atoms with Crippen LogP contribution in [0.5, 0.6) is 0 Å². The third kappa shape index (κ3) is 4.16. The van der Waals surface area contributed by atoms with Gasteiger partial charge in [0.05, 0.1) is 0 Å². The lowest BCUT2D eigenvalue weighted by Crippen LogP contribution is -1.92. The number of hydrogen-bond donors (Lipinski definition) is 0. The van der Waals surface area contributed by atoms with E-state index in [1.165, 1.54) is 81.7 Å². The summed E-state index contributed by atoms with van der Waals surface area (Å²) >= 11 is 0. The highest BCUT2D eigenvalue weighted by Gasteiger charge is 2.21. The monoisotopic (exact) mass is 646 g/mol. The maximum absolute atomic E-state index is 6.61. The molecule has 0 amide bonds. The lowest BCUT2D eigenvalue weighted by molar-refractivity contribution is 0.670. The van der Waals surface area contributed by atoms with Gasteiger partial charge in [-0.2, -0.15) is 0 Å². The number of benzene rings is 10. The topological polar surface area (TPSA) is 13.1 Å². The molecule has 0 atom stereocenters. The van der Waals surface area contributed by atoms with E-state index in [9.17, 15) is 0 Å². The SMILES string of the molecule is c1ccc2c(-c3cc4ccc(-c5c6ccccc6c(-c6cccc7c6oc6ccccc67)c6ccccc56)cc4c4ccccc34)cccc2c1. The molecule has 0 saturated carbocycles. The van der Waals surface area contributed by atoms with Gasteiger partial charge in [-0.25, -0.2) is 0 Å². The van der Waals surface area contributed by atoms with Gasteiger partial charge in [0.25, 0.3) is 0 Å². The van der Waals surface area contributed by atoms with Crippen LogP contribution in [0.25, 0.3) is 109 Å². The molecule has 0 fully saturated rings. The summed E-state index contributed by atoms with van der Waals surface area (Å²) in [5.74, 6) is 0. The van der Waals surface area contributed by atoms with Crippen molar-refractivity contribution >= 4 is 75.8 Å². The Bertz CT molecular complexity index is 3130. The Morgan fingerprint density at radius 2 is 0.824 bits per heavy atom. The molecule has 0 saturated heterocycles. The Balaban J connectivity index is 1.19. The van der Waals surface area contributed by atoms with Crippen LogP contribution in [0, 0.1) is 0 Å². The van der Waals surface area contributed by atoms with Crippen molar-refractivity contribution in [3.8, 4) is 33.4 Å². The fourth-order valence-electron chi connectivity index (χ4n) is 8.61. The van der Waals surface area contributed by atoms with Gasteiger partial charge in [0.2, 0.25) is 0 Å². The average Bonchev–Trinajstić information content (AvgIpc) is 3.58. The molecule has 236 valence electrons. The maximum atomic E-state index is 6.61. The summed E-state index contributed by atoms with van der Waals surface area (Å²) in [6.07, 6.45) is 0. The number of furan rings is 1. The second-order valence-corrected chi connectivity index (χ2v) is 13.6. The summed E-state index contributed by atoms with van der Waals surface area (Å²) in [5, 5.41) is 14.8. The van der Waals surface area contributed by atoms with E-state index in [2.05, 4.69) is 176 Å². The van der Waals surface area contributed by atoms with Gasteiger partial charge in [-0.05, 0) is 94.3 Å². The molecular weight excluding hydrogens is 617 g/mol. The van der Waals surface area contributed by atoms with E-state index >= 15 is 0 Å². The molecule has 1 nitrogen and oxygen atoms in total. The maximum Gasteiger partial charge on any atom is 0.143 e. The second-order valence-electron chi connectivity index (χ2n) is 13.6. The van der Waals surface area contributed by atoms with E-state index in [4.69, 9.17) is 4.42 Å². The number of fused-ring (bicyclic) bond motifs is 9. The zero-order valence-electron chi connectivity index (χ0n) is 27.7. The Labute approximate surface area is 294 Å². The molecule has 0 N–H and O–H groups in total. The van der Waals surface area contributed by atoms with E-state index in [1.54, 1.807) is 0 Å². The Morgan fingerprint density at radius 1 is 0.275 bits per heavy atom. The van der Waals surface area contributed by atoms with E-state index in [-0.39, 0.29) is 0 Å². The van der Waals surface area contributed by atoms with Gasteiger partial charge in [-0.3, -0.25) is 0 Å². The minimum atomic E-state index is 0.914. The first-order valence-corrected chi connectivity index (χ1v) is 17.6. The number of para-hydroxylation sites is 2. The predicted octanol–water partition coefficient (Wildman–Crippen LogP) is 14.4. The summed E-state index contributed by atoms with van der Waals surface area (Å²) in [6, 6.07) is 66.3. The molecule has 1 heteroatoms. The molecule has 0 unspecified atom stereocenters. The normalized spacial score (nSPS) is 11.9. The van der Waals surface area contributed by atoms with Gasteiger partial charge < -0.3 is 4.42 Å². The van der Waals surface area contributed by atoms with Crippen molar-refractivity contribution in [2.75, 3.05) is 0 Å². The average molecular weight is 647 g/mol. The van der Waals surface area contributed by atoms with Crippen molar-refractivity contribution in [3.63, 3.8) is 0 Å². The molecule has 0 aliphatic carbocycles. The summed E-state index contributed by atoms with van der Waals surface area (Å²) in [5.41, 5.74) is 9.18. The van der Waals surface area contributed by atoms with Crippen molar-refractivity contribution in [1.29, 1.82) is 0 Å². The predicted molar refractivity (Wildman–Crippen MR) is 218 cm³/mol. The molecule has 0 bridgehead atoms. The molecule has 1 aromatic heterocycles. The van der Waals surface area contributed by atoms with Crippen molar-refractivity contribution in [2.45, 2.75) is 0 Å². The van der Waals surface area contributed by atoms with Crippen LogP contribution in [0.3, 0.4) is 0 Å². The Kier molecular flexibility index (Phi) is 6.02. The molecule has 11 rings (SSSR count). The van der Waals surface area contributed by atoms with Crippen LogP contribution in [0.2, 0.25) is 0 Å². The van der Waals surface area contributed by atoms with E-state index < -0.39 is 0 Å². The lowest BCUT2D eigenvalue weighted by atomic mass is 9.84. The molecular formula is C50H30O. The number of rotatable bonds is 3. The second kappa shape index (κ2) is 10.9. The molecule has 0 radical (unpaired) electrons. The third-order valence-corrected chi connectivity index (χ3v) is 10.8. The van der Waals surface area contributed by atoms with Gasteiger partial charge in [-0.15, -0.1) is 0 Å². The van der Waals surface area contributed by atoms with Crippen molar-refractivity contribution in [2.24, 2.45) is 0 Å². The van der Waals surface area contributed by atoms with Gasteiger partial charge in [-0.1, -0.05) is 164 Å². The highest BCUT2D eigenvalue weighted by atomic mass is 16.3. The van der Waals surface area contributed by atoms with Gasteiger partial charge in [0.1, 0.15) is 11.2 Å². The summed E-state index contributed by atoms with van der Waals surface area (Å²) < 4.78 is 6.61. The van der Waals surface area contributed by atoms with Gasteiger partial charge in [0, 0.05) is 21.9 Å². The van der Waals surface area contributed by atoms with Crippen LogP contribution in [0.4, 0.5) is 0 Å². The standard InChI is InChI=1S/C50H30O/c1-2-15-34-31(13-1)14-11-23-35(34)46-29-32-27-28-33(30-45(32)36-16-3-4-17-37(36)46)48-39-19-5-7-21-41(39)49(42-22-8-6-20-40(42)48)44-25-12-24-43-38-18-9-10-26-47(38)51-50(43)44/h1-30H. The van der Waals surface area contributed by atoms with Gasteiger partial charge in [0.15, 0.2) is 0 Å². The molecule has 51 heavy (non-hydrogen) atoms. The zero-order chi connectivity index (χ0) is 33.5. The van der Waals surface area contributed by atoms with E-state index in [0.29, 0.717) is 0 Å². The van der Waals surface area contributed by atoms with Crippen molar-refractivity contribution in [1.82, 2.24) is 0 Å². The van der Waals surface area contributed by atoms with E-state index in [0.717, 1.165) is 27.5 Å². The molecule has 11 aromatic rings.